The lowest BCUT2D eigenvalue weighted by Gasteiger charge is -2.45. The van der Waals surface area contributed by atoms with Gasteiger partial charge in [0, 0.05) is 36.6 Å². The van der Waals surface area contributed by atoms with Crippen LogP contribution in [0.25, 0.3) is 0 Å². The van der Waals surface area contributed by atoms with Crippen LogP contribution in [0.2, 0.25) is 0 Å². The number of thiazole rings is 1. The van der Waals surface area contributed by atoms with Crippen molar-refractivity contribution in [1.82, 2.24) is 15.2 Å². The summed E-state index contributed by atoms with van der Waals surface area (Å²) < 4.78 is 0. The summed E-state index contributed by atoms with van der Waals surface area (Å²) in [5.74, 6) is 0. The Morgan fingerprint density at radius 3 is 2.65 bits per heavy atom. The number of piperazine rings is 1. The molecule has 1 aliphatic heterocycles. The van der Waals surface area contributed by atoms with Crippen LogP contribution in [0.3, 0.4) is 0 Å². The molecule has 0 saturated carbocycles. The summed E-state index contributed by atoms with van der Waals surface area (Å²) in [6.07, 6.45) is 1.02. The second-order valence-corrected chi connectivity index (χ2v) is 7.22. The average Bonchev–Trinajstić information content (AvgIpc) is 2.82. The van der Waals surface area contributed by atoms with E-state index in [1.165, 1.54) is 15.7 Å². The molecule has 0 aromatic carbocycles. The Kier molecular flexibility index (Phi) is 5.04. The molecule has 0 aliphatic carbocycles. The van der Waals surface area contributed by atoms with E-state index >= 15 is 0 Å². The normalized spacial score (nSPS) is 19.6. The van der Waals surface area contributed by atoms with Gasteiger partial charge in [-0.2, -0.15) is 0 Å². The molecule has 114 valence electrons. The van der Waals surface area contributed by atoms with E-state index in [-0.39, 0.29) is 5.54 Å². The molecular weight excluding hydrogens is 268 g/mol. The van der Waals surface area contributed by atoms with E-state index in [0.717, 1.165) is 39.1 Å². The molecule has 5 heteroatoms. The third kappa shape index (κ3) is 3.32. The lowest BCUT2D eigenvalue weighted by atomic mass is 10.0. The number of hydrogen-bond acceptors (Lipinski definition) is 5. The first-order valence-corrected chi connectivity index (χ1v) is 8.45. The summed E-state index contributed by atoms with van der Waals surface area (Å²) in [4.78, 5) is 11.2. The van der Waals surface area contributed by atoms with Crippen LogP contribution in [0.4, 0.5) is 5.13 Å². The maximum atomic E-state index is 4.88. The summed E-state index contributed by atoms with van der Waals surface area (Å²) in [5.41, 5.74) is 1.49. The smallest absolute Gasteiger partial charge is 0.185 e. The molecule has 0 radical (unpaired) electrons. The van der Waals surface area contributed by atoms with E-state index in [4.69, 9.17) is 4.98 Å². The highest BCUT2D eigenvalue weighted by Gasteiger charge is 2.32. The van der Waals surface area contributed by atoms with Crippen molar-refractivity contribution in [2.45, 2.75) is 46.2 Å². The molecule has 2 heterocycles. The molecule has 0 bridgehead atoms. The van der Waals surface area contributed by atoms with Crippen LogP contribution >= 0.6 is 11.3 Å². The molecule has 20 heavy (non-hydrogen) atoms. The highest BCUT2D eigenvalue weighted by molar-refractivity contribution is 7.15. The number of anilines is 1. The van der Waals surface area contributed by atoms with Crippen molar-refractivity contribution in [3.63, 3.8) is 0 Å². The maximum absolute atomic E-state index is 4.88. The van der Waals surface area contributed by atoms with E-state index in [0.29, 0.717) is 0 Å². The standard InChI is InChI=1S/C15H28N4S/c1-6-12-13(10-16-7-2)20-14(17-12)19-9-8-18(5)15(3,4)11-19/h16H,6-11H2,1-5H3. The van der Waals surface area contributed by atoms with Crippen molar-refractivity contribution >= 4 is 16.5 Å². The minimum absolute atomic E-state index is 0.220. The minimum atomic E-state index is 0.220. The van der Waals surface area contributed by atoms with Crippen molar-refractivity contribution in [1.29, 1.82) is 0 Å². The first-order valence-electron chi connectivity index (χ1n) is 7.63. The summed E-state index contributed by atoms with van der Waals surface area (Å²) in [5, 5.41) is 4.63. The highest BCUT2D eigenvalue weighted by atomic mass is 32.1. The number of likely N-dealkylation sites (N-methyl/N-ethyl adjacent to an activating group) is 1. The van der Waals surface area contributed by atoms with Gasteiger partial charge in [-0.15, -0.1) is 11.3 Å². The number of nitrogens with zero attached hydrogens (tertiary/aromatic N) is 3. The fourth-order valence-electron chi connectivity index (χ4n) is 2.56. The van der Waals surface area contributed by atoms with Gasteiger partial charge >= 0.3 is 0 Å². The number of nitrogens with one attached hydrogen (secondary N) is 1. The summed E-state index contributed by atoms with van der Waals surface area (Å²) in [7, 11) is 2.22. The predicted octanol–water partition coefficient (Wildman–Crippen LogP) is 2.35. The van der Waals surface area contributed by atoms with Gasteiger partial charge in [0.2, 0.25) is 0 Å². The lowest BCUT2D eigenvalue weighted by Crippen LogP contribution is -2.57. The Bertz CT molecular complexity index is 441. The van der Waals surface area contributed by atoms with E-state index in [2.05, 4.69) is 49.9 Å². The Morgan fingerprint density at radius 1 is 1.30 bits per heavy atom. The second-order valence-electron chi connectivity index (χ2n) is 6.16. The van der Waals surface area contributed by atoms with Crippen molar-refractivity contribution in [2.75, 3.05) is 38.1 Å². The Hall–Kier alpha value is -0.650. The zero-order valence-electron chi connectivity index (χ0n) is 13.5. The molecule has 1 aliphatic rings. The first-order chi connectivity index (χ1) is 9.47. The number of aromatic nitrogens is 1. The summed E-state index contributed by atoms with van der Waals surface area (Å²) in [6.45, 7) is 14.2. The molecule has 0 spiro atoms. The monoisotopic (exact) mass is 296 g/mol. The van der Waals surface area contributed by atoms with E-state index in [1.807, 2.05) is 11.3 Å². The second kappa shape index (κ2) is 6.41. The molecule has 1 N–H and O–H groups in total. The molecule has 0 amide bonds. The summed E-state index contributed by atoms with van der Waals surface area (Å²) >= 11 is 1.87. The van der Waals surface area contributed by atoms with Gasteiger partial charge in [0.1, 0.15) is 0 Å². The van der Waals surface area contributed by atoms with Crippen LogP contribution in [-0.4, -0.2) is 48.6 Å². The third-order valence-electron chi connectivity index (χ3n) is 4.22. The topological polar surface area (TPSA) is 31.4 Å². The van der Waals surface area contributed by atoms with Gasteiger partial charge in [-0.3, -0.25) is 4.90 Å². The highest BCUT2D eigenvalue weighted by Crippen LogP contribution is 2.30. The molecule has 1 fully saturated rings. The van der Waals surface area contributed by atoms with Crippen LogP contribution in [-0.2, 0) is 13.0 Å². The molecule has 0 atom stereocenters. The van der Waals surface area contributed by atoms with Crippen molar-refractivity contribution in [3.05, 3.63) is 10.6 Å². The largest absolute Gasteiger partial charge is 0.345 e. The molecule has 1 aromatic heterocycles. The number of rotatable bonds is 5. The van der Waals surface area contributed by atoms with Gasteiger partial charge in [0.15, 0.2) is 5.13 Å². The van der Waals surface area contributed by atoms with Crippen LogP contribution < -0.4 is 10.2 Å². The number of aryl methyl sites for hydroxylation is 1. The molecule has 2 rings (SSSR count). The Labute approximate surface area is 127 Å². The average molecular weight is 296 g/mol. The van der Waals surface area contributed by atoms with Gasteiger partial charge in [-0.05, 0) is 33.9 Å². The fraction of sp³-hybridized carbons (Fsp3) is 0.800. The van der Waals surface area contributed by atoms with Crippen LogP contribution in [0.15, 0.2) is 0 Å². The lowest BCUT2D eigenvalue weighted by molar-refractivity contribution is 0.139. The van der Waals surface area contributed by atoms with E-state index < -0.39 is 0 Å². The number of hydrogen-bond donors (Lipinski definition) is 1. The van der Waals surface area contributed by atoms with Crippen molar-refractivity contribution in [2.24, 2.45) is 0 Å². The van der Waals surface area contributed by atoms with Crippen LogP contribution in [0, 0.1) is 0 Å². The van der Waals surface area contributed by atoms with Gasteiger partial charge < -0.3 is 10.2 Å². The van der Waals surface area contributed by atoms with Gasteiger partial charge in [-0.25, -0.2) is 4.98 Å². The zero-order chi connectivity index (χ0) is 14.8. The first kappa shape index (κ1) is 15.7. The molecule has 1 aromatic rings. The fourth-order valence-corrected chi connectivity index (χ4v) is 3.70. The zero-order valence-corrected chi connectivity index (χ0v) is 14.3. The van der Waals surface area contributed by atoms with E-state index in [1.54, 1.807) is 0 Å². The van der Waals surface area contributed by atoms with Crippen molar-refractivity contribution < 1.29 is 0 Å². The molecule has 1 saturated heterocycles. The maximum Gasteiger partial charge on any atom is 0.185 e. The predicted molar refractivity (Wildman–Crippen MR) is 87.8 cm³/mol. The SMILES string of the molecule is CCNCc1sc(N2CCN(C)C(C)(C)C2)nc1CC. The molecule has 0 unspecified atom stereocenters. The van der Waals surface area contributed by atoms with Crippen LogP contribution in [0.1, 0.15) is 38.3 Å². The molecule has 4 nitrogen and oxygen atoms in total. The minimum Gasteiger partial charge on any atom is -0.345 e. The van der Waals surface area contributed by atoms with Gasteiger partial charge in [0.05, 0.1) is 5.69 Å². The van der Waals surface area contributed by atoms with E-state index in [9.17, 15) is 0 Å². The van der Waals surface area contributed by atoms with Gasteiger partial charge in [-0.1, -0.05) is 13.8 Å². The summed E-state index contributed by atoms with van der Waals surface area (Å²) in [6, 6.07) is 0. The third-order valence-corrected chi connectivity index (χ3v) is 5.38. The molecular formula is C15H28N4S. The Morgan fingerprint density at radius 2 is 2.05 bits per heavy atom. The van der Waals surface area contributed by atoms with Gasteiger partial charge in [0.25, 0.3) is 0 Å². The van der Waals surface area contributed by atoms with Crippen LogP contribution in [0.5, 0.6) is 0 Å². The quantitative estimate of drug-likeness (QED) is 0.904. The Balaban J connectivity index is 2.14. The van der Waals surface area contributed by atoms with Crippen molar-refractivity contribution in [3.8, 4) is 0 Å².